The fraction of sp³-hybridized carbons (Fsp3) is 1.00. The second-order valence-corrected chi connectivity index (χ2v) is 5.21. The molecule has 2 rings (SSSR count). The Morgan fingerprint density at radius 2 is 1.92 bits per heavy atom. The van der Waals surface area contributed by atoms with E-state index in [1.807, 2.05) is 0 Å². The van der Waals surface area contributed by atoms with Gasteiger partial charge in [0.05, 0.1) is 6.10 Å². The largest absolute Gasteiger partial charge is 0.393 e. The van der Waals surface area contributed by atoms with E-state index < -0.39 is 0 Å². The minimum Gasteiger partial charge on any atom is -0.393 e. The quantitative estimate of drug-likeness (QED) is 0.714. The summed E-state index contributed by atoms with van der Waals surface area (Å²) in [5, 5.41) is 9.14. The lowest BCUT2D eigenvalue weighted by molar-refractivity contribution is -0.0100. The Morgan fingerprint density at radius 1 is 1.31 bits per heavy atom. The Kier molecular flexibility index (Phi) is 2.61. The molecule has 0 unspecified atom stereocenters. The van der Waals surface area contributed by atoms with Gasteiger partial charge in [-0.3, -0.25) is 0 Å². The molecule has 0 aromatic heterocycles. The van der Waals surface area contributed by atoms with Crippen molar-refractivity contribution in [2.45, 2.75) is 32.8 Å². The van der Waals surface area contributed by atoms with Gasteiger partial charge in [0.2, 0.25) is 0 Å². The van der Waals surface area contributed by atoms with Gasteiger partial charge in [0.1, 0.15) is 0 Å². The number of nitrogens with zero attached hydrogens (tertiary/aromatic N) is 1. The molecule has 13 heavy (non-hydrogen) atoms. The molecule has 1 saturated carbocycles. The van der Waals surface area contributed by atoms with E-state index in [4.69, 9.17) is 5.11 Å². The van der Waals surface area contributed by atoms with E-state index in [0.717, 1.165) is 30.6 Å². The van der Waals surface area contributed by atoms with Crippen molar-refractivity contribution in [3.8, 4) is 0 Å². The van der Waals surface area contributed by atoms with Crippen LogP contribution in [0.5, 0.6) is 0 Å². The van der Waals surface area contributed by atoms with Gasteiger partial charge in [-0.2, -0.15) is 0 Å². The van der Waals surface area contributed by atoms with Crippen LogP contribution >= 0.6 is 0 Å². The molecule has 0 aromatic carbocycles. The summed E-state index contributed by atoms with van der Waals surface area (Å²) in [5.74, 6) is 2.58. The predicted molar refractivity (Wildman–Crippen MR) is 53.5 cm³/mol. The van der Waals surface area contributed by atoms with Crippen molar-refractivity contribution in [3.63, 3.8) is 0 Å². The Bertz CT molecular complexity index is 169. The minimum atomic E-state index is 0.0205. The van der Waals surface area contributed by atoms with Crippen molar-refractivity contribution < 1.29 is 5.11 Å². The van der Waals surface area contributed by atoms with Crippen molar-refractivity contribution in [1.82, 2.24) is 4.90 Å². The molecule has 0 spiro atoms. The zero-order valence-electron chi connectivity index (χ0n) is 8.74. The normalized spacial score (nSPS) is 36.0. The first-order valence-electron chi connectivity index (χ1n) is 5.55. The van der Waals surface area contributed by atoms with E-state index in [-0.39, 0.29) is 6.10 Å². The van der Waals surface area contributed by atoms with Crippen LogP contribution in [0.25, 0.3) is 0 Å². The average Bonchev–Trinajstić information content (AvgIpc) is 1.90. The monoisotopic (exact) mass is 183 g/mol. The van der Waals surface area contributed by atoms with Crippen molar-refractivity contribution >= 4 is 0 Å². The van der Waals surface area contributed by atoms with Crippen LogP contribution in [0.4, 0.5) is 0 Å². The molecule has 0 amide bonds. The molecule has 1 aliphatic carbocycles. The van der Waals surface area contributed by atoms with E-state index in [1.54, 1.807) is 0 Å². The second-order valence-electron chi connectivity index (χ2n) is 5.21. The van der Waals surface area contributed by atoms with Gasteiger partial charge in [-0.1, -0.05) is 13.8 Å². The highest BCUT2D eigenvalue weighted by Crippen LogP contribution is 2.31. The molecule has 2 nitrogen and oxygen atoms in total. The summed E-state index contributed by atoms with van der Waals surface area (Å²) < 4.78 is 0. The van der Waals surface area contributed by atoms with Gasteiger partial charge in [-0.25, -0.2) is 0 Å². The molecular formula is C11H21NO. The summed E-state index contributed by atoms with van der Waals surface area (Å²) in [6, 6.07) is 0. The highest BCUT2D eigenvalue weighted by atomic mass is 16.3. The molecule has 0 atom stereocenters. The summed E-state index contributed by atoms with van der Waals surface area (Å²) in [6.45, 7) is 8.46. The molecule has 76 valence electrons. The molecule has 1 N–H and O–H groups in total. The molecule has 2 aliphatic rings. The first-order chi connectivity index (χ1) is 6.15. The molecule has 1 aliphatic heterocycles. The third kappa shape index (κ3) is 2.05. The summed E-state index contributed by atoms with van der Waals surface area (Å²) >= 11 is 0. The maximum Gasteiger partial charge on any atom is 0.0546 e. The van der Waals surface area contributed by atoms with Gasteiger partial charge in [-0.15, -0.1) is 0 Å². The predicted octanol–water partition coefficient (Wildman–Crippen LogP) is 1.35. The van der Waals surface area contributed by atoms with Gasteiger partial charge in [0.25, 0.3) is 0 Å². The Balaban J connectivity index is 1.59. The smallest absolute Gasteiger partial charge is 0.0546 e. The number of hydrogen-bond acceptors (Lipinski definition) is 2. The van der Waals surface area contributed by atoms with Crippen molar-refractivity contribution in [1.29, 1.82) is 0 Å². The lowest BCUT2D eigenvalue weighted by Crippen LogP contribution is -2.52. The van der Waals surface area contributed by atoms with Gasteiger partial charge in [0.15, 0.2) is 0 Å². The fourth-order valence-electron chi connectivity index (χ4n) is 2.40. The number of aliphatic hydroxyl groups excluding tert-OH is 1. The minimum absolute atomic E-state index is 0.0205. The lowest BCUT2D eigenvalue weighted by atomic mass is 9.80. The van der Waals surface area contributed by atoms with Gasteiger partial charge in [0, 0.05) is 19.6 Å². The number of aliphatic hydroxyl groups is 1. The van der Waals surface area contributed by atoms with Crippen molar-refractivity contribution in [3.05, 3.63) is 0 Å². The second kappa shape index (κ2) is 3.58. The first kappa shape index (κ1) is 9.47. The number of rotatable bonds is 3. The Hall–Kier alpha value is -0.0800. The lowest BCUT2D eigenvalue weighted by Gasteiger charge is -2.45. The standard InChI is InChI=1S/C11H21NO/c1-8(2)10-6-12(7-10)5-9-3-11(13)4-9/h8-11,13H,3-7H2,1-2H3. The molecule has 0 bridgehead atoms. The molecular weight excluding hydrogens is 162 g/mol. The van der Waals surface area contributed by atoms with Crippen LogP contribution in [0.2, 0.25) is 0 Å². The van der Waals surface area contributed by atoms with Crippen LogP contribution in [0.15, 0.2) is 0 Å². The summed E-state index contributed by atoms with van der Waals surface area (Å²) in [7, 11) is 0. The van der Waals surface area contributed by atoms with E-state index in [9.17, 15) is 0 Å². The Labute approximate surface area is 80.9 Å². The zero-order valence-corrected chi connectivity index (χ0v) is 8.74. The Morgan fingerprint density at radius 3 is 2.38 bits per heavy atom. The van der Waals surface area contributed by atoms with Crippen LogP contribution in [0, 0.1) is 17.8 Å². The molecule has 0 aromatic rings. The van der Waals surface area contributed by atoms with Crippen LogP contribution in [-0.2, 0) is 0 Å². The number of hydrogen-bond donors (Lipinski definition) is 1. The molecule has 1 heterocycles. The zero-order chi connectivity index (χ0) is 9.42. The van der Waals surface area contributed by atoms with Crippen LogP contribution in [0.3, 0.4) is 0 Å². The summed E-state index contributed by atoms with van der Waals surface area (Å²) in [4.78, 5) is 2.54. The highest BCUT2D eigenvalue weighted by molar-refractivity contribution is 4.87. The maximum atomic E-state index is 9.14. The molecule has 1 saturated heterocycles. The maximum absolute atomic E-state index is 9.14. The van der Waals surface area contributed by atoms with Crippen molar-refractivity contribution in [2.24, 2.45) is 17.8 Å². The van der Waals surface area contributed by atoms with Gasteiger partial charge >= 0.3 is 0 Å². The summed E-state index contributed by atoms with van der Waals surface area (Å²) in [5.41, 5.74) is 0. The SMILES string of the molecule is CC(C)C1CN(CC2CC(O)C2)C1. The highest BCUT2D eigenvalue weighted by Gasteiger charge is 2.34. The summed E-state index contributed by atoms with van der Waals surface area (Å²) in [6.07, 6.45) is 2.11. The third-order valence-corrected chi connectivity index (χ3v) is 3.66. The number of likely N-dealkylation sites (tertiary alicyclic amines) is 1. The molecule has 2 heteroatoms. The average molecular weight is 183 g/mol. The molecule has 2 fully saturated rings. The van der Waals surface area contributed by atoms with E-state index in [1.165, 1.54) is 19.6 Å². The van der Waals surface area contributed by atoms with Crippen LogP contribution in [0.1, 0.15) is 26.7 Å². The fourth-order valence-corrected chi connectivity index (χ4v) is 2.40. The van der Waals surface area contributed by atoms with Crippen molar-refractivity contribution in [2.75, 3.05) is 19.6 Å². The van der Waals surface area contributed by atoms with Gasteiger partial charge < -0.3 is 10.0 Å². The molecule has 0 radical (unpaired) electrons. The third-order valence-electron chi connectivity index (χ3n) is 3.66. The first-order valence-corrected chi connectivity index (χ1v) is 5.55. The topological polar surface area (TPSA) is 23.5 Å². The van der Waals surface area contributed by atoms with E-state index in [0.29, 0.717) is 0 Å². The van der Waals surface area contributed by atoms with E-state index >= 15 is 0 Å². The van der Waals surface area contributed by atoms with Crippen LogP contribution < -0.4 is 0 Å². The van der Waals surface area contributed by atoms with E-state index in [2.05, 4.69) is 18.7 Å². The van der Waals surface area contributed by atoms with Crippen LogP contribution in [-0.4, -0.2) is 35.7 Å². The van der Waals surface area contributed by atoms with Gasteiger partial charge in [-0.05, 0) is 30.6 Å².